The molecule has 2 rings (SSSR count). The Balaban J connectivity index is 0.00000312. The van der Waals surface area contributed by atoms with Crippen molar-refractivity contribution in [2.45, 2.75) is 46.1 Å². The summed E-state index contributed by atoms with van der Waals surface area (Å²) in [6, 6.07) is 0.235. The van der Waals surface area contributed by atoms with Crippen LogP contribution in [0.25, 0.3) is 0 Å². The smallest absolute Gasteiger partial charge is 0.409 e. The van der Waals surface area contributed by atoms with Crippen molar-refractivity contribution < 1.29 is 14.1 Å². The number of nitrogens with two attached hydrogens (primary N) is 1. The SMILES string of the molecule is CCOC(=O)N1CCC(NC(N)=NCCc2c(C)noc2C)CC1.I. The van der Waals surface area contributed by atoms with Crippen LogP contribution < -0.4 is 11.1 Å². The maximum Gasteiger partial charge on any atom is 0.409 e. The van der Waals surface area contributed by atoms with E-state index >= 15 is 0 Å². The molecule has 0 saturated carbocycles. The molecule has 0 bridgehead atoms. The monoisotopic (exact) mass is 465 g/mol. The minimum Gasteiger partial charge on any atom is -0.450 e. The van der Waals surface area contributed by atoms with Gasteiger partial charge in [-0.15, -0.1) is 24.0 Å². The number of carbonyl (C=O) groups is 1. The Morgan fingerprint density at radius 1 is 1.44 bits per heavy atom. The molecule has 1 aliphatic rings. The minimum atomic E-state index is -0.239. The third-order valence-electron chi connectivity index (χ3n) is 4.20. The Kier molecular flexibility index (Phi) is 9.01. The predicted molar refractivity (Wildman–Crippen MR) is 106 cm³/mol. The second-order valence-corrected chi connectivity index (χ2v) is 5.92. The average molecular weight is 465 g/mol. The summed E-state index contributed by atoms with van der Waals surface area (Å²) >= 11 is 0. The lowest BCUT2D eigenvalue weighted by Crippen LogP contribution is -2.48. The van der Waals surface area contributed by atoms with Gasteiger partial charge in [0, 0.05) is 31.2 Å². The van der Waals surface area contributed by atoms with Crippen molar-refractivity contribution in [3.8, 4) is 0 Å². The van der Waals surface area contributed by atoms with Gasteiger partial charge in [-0.25, -0.2) is 4.79 Å². The molecule has 0 aromatic carbocycles. The van der Waals surface area contributed by atoms with Crippen LogP contribution in [0.4, 0.5) is 4.79 Å². The summed E-state index contributed by atoms with van der Waals surface area (Å²) in [7, 11) is 0. The number of amides is 1. The van der Waals surface area contributed by atoms with Crippen molar-refractivity contribution in [2.75, 3.05) is 26.2 Å². The van der Waals surface area contributed by atoms with Crippen LogP contribution in [0.3, 0.4) is 0 Å². The molecule has 2 heterocycles. The van der Waals surface area contributed by atoms with Gasteiger partial charge in [-0.1, -0.05) is 5.16 Å². The standard InChI is InChI=1S/C16H27N5O3.HI/c1-4-23-16(22)21-9-6-13(7-10-21)19-15(17)18-8-5-14-11(2)20-24-12(14)3;/h13H,4-10H2,1-3H3,(H3,17,18,19);1H. The number of piperidine rings is 1. The average Bonchev–Trinajstić information content (AvgIpc) is 2.87. The Bertz CT molecular complexity index is 563. The molecule has 0 atom stereocenters. The molecule has 1 aliphatic heterocycles. The van der Waals surface area contributed by atoms with Gasteiger partial charge in [0.15, 0.2) is 5.96 Å². The van der Waals surface area contributed by atoms with Gasteiger partial charge in [-0.2, -0.15) is 0 Å². The molecule has 142 valence electrons. The van der Waals surface area contributed by atoms with E-state index in [0.29, 0.717) is 32.2 Å². The topological polar surface area (TPSA) is 106 Å². The van der Waals surface area contributed by atoms with Crippen LogP contribution in [0.2, 0.25) is 0 Å². The van der Waals surface area contributed by atoms with Crippen molar-refractivity contribution in [3.63, 3.8) is 0 Å². The molecular weight excluding hydrogens is 437 g/mol. The van der Waals surface area contributed by atoms with E-state index in [1.165, 1.54) is 0 Å². The summed E-state index contributed by atoms with van der Waals surface area (Å²) in [5.74, 6) is 1.27. The van der Waals surface area contributed by atoms with Gasteiger partial charge in [0.1, 0.15) is 5.76 Å². The normalized spacial score (nSPS) is 15.6. The highest BCUT2D eigenvalue weighted by Gasteiger charge is 2.23. The fraction of sp³-hybridized carbons (Fsp3) is 0.688. The van der Waals surface area contributed by atoms with Gasteiger partial charge < -0.3 is 25.2 Å². The predicted octanol–water partition coefficient (Wildman–Crippen LogP) is 1.98. The first kappa shape index (κ1) is 21.5. The molecule has 0 aliphatic carbocycles. The first-order valence-electron chi connectivity index (χ1n) is 8.41. The highest BCUT2D eigenvalue weighted by atomic mass is 127. The zero-order valence-corrected chi connectivity index (χ0v) is 17.4. The fourth-order valence-electron chi connectivity index (χ4n) is 2.82. The lowest BCUT2D eigenvalue weighted by molar-refractivity contribution is 0.0963. The largest absolute Gasteiger partial charge is 0.450 e. The summed E-state index contributed by atoms with van der Waals surface area (Å²) in [5.41, 5.74) is 7.95. The number of carbonyl (C=O) groups excluding carboxylic acids is 1. The molecule has 1 aromatic heterocycles. The molecule has 25 heavy (non-hydrogen) atoms. The quantitative estimate of drug-likeness (QED) is 0.392. The summed E-state index contributed by atoms with van der Waals surface area (Å²) in [6.07, 6.45) is 2.18. The maximum absolute atomic E-state index is 11.7. The number of hydrogen-bond acceptors (Lipinski definition) is 5. The van der Waals surface area contributed by atoms with Crippen LogP contribution in [-0.4, -0.2) is 54.4 Å². The molecule has 1 fully saturated rings. The third-order valence-corrected chi connectivity index (χ3v) is 4.20. The van der Waals surface area contributed by atoms with Gasteiger partial charge in [-0.05, 0) is 40.0 Å². The second kappa shape index (κ2) is 10.5. The zero-order valence-electron chi connectivity index (χ0n) is 15.1. The number of nitrogens with zero attached hydrogens (tertiary/aromatic N) is 3. The molecule has 1 aromatic rings. The summed E-state index contributed by atoms with van der Waals surface area (Å²) in [5, 5.41) is 7.16. The Labute approximate surface area is 165 Å². The van der Waals surface area contributed by atoms with E-state index in [9.17, 15) is 4.79 Å². The van der Waals surface area contributed by atoms with E-state index in [4.69, 9.17) is 15.0 Å². The second-order valence-electron chi connectivity index (χ2n) is 5.92. The van der Waals surface area contributed by atoms with Crippen LogP contribution in [0.1, 0.15) is 36.8 Å². The molecule has 1 amide bonds. The molecule has 0 unspecified atom stereocenters. The van der Waals surface area contributed by atoms with E-state index < -0.39 is 0 Å². The first-order valence-corrected chi connectivity index (χ1v) is 8.41. The number of guanidine groups is 1. The van der Waals surface area contributed by atoms with E-state index in [-0.39, 0.29) is 36.1 Å². The van der Waals surface area contributed by atoms with Gasteiger partial charge in [0.05, 0.1) is 12.3 Å². The van der Waals surface area contributed by atoms with Crippen LogP contribution >= 0.6 is 24.0 Å². The van der Waals surface area contributed by atoms with Crippen molar-refractivity contribution in [1.82, 2.24) is 15.4 Å². The zero-order chi connectivity index (χ0) is 17.5. The van der Waals surface area contributed by atoms with Gasteiger partial charge >= 0.3 is 6.09 Å². The molecule has 1 saturated heterocycles. The lowest BCUT2D eigenvalue weighted by atomic mass is 10.1. The number of aromatic nitrogens is 1. The molecular formula is C16H28IN5O3. The van der Waals surface area contributed by atoms with E-state index in [1.54, 1.807) is 4.90 Å². The van der Waals surface area contributed by atoms with E-state index in [0.717, 1.165) is 36.3 Å². The summed E-state index contributed by atoms with van der Waals surface area (Å²) in [6.45, 7) is 7.97. The number of aryl methyl sites for hydroxylation is 2. The Morgan fingerprint density at radius 2 is 2.12 bits per heavy atom. The molecule has 9 heteroatoms. The molecule has 3 N–H and O–H groups in total. The van der Waals surface area contributed by atoms with Gasteiger partial charge in [-0.3, -0.25) is 4.99 Å². The number of hydrogen-bond donors (Lipinski definition) is 2. The molecule has 8 nitrogen and oxygen atoms in total. The number of halogens is 1. The van der Waals surface area contributed by atoms with E-state index in [1.807, 2.05) is 20.8 Å². The highest BCUT2D eigenvalue weighted by molar-refractivity contribution is 14.0. The number of likely N-dealkylation sites (tertiary alicyclic amines) is 1. The Morgan fingerprint density at radius 3 is 2.68 bits per heavy atom. The van der Waals surface area contributed by atoms with Crippen LogP contribution in [0.15, 0.2) is 9.52 Å². The maximum atomic E-state index is 11.7. The fourth-order valence-corrected chi connectivity index (χ4v) is 2.82. The van der Waals surface area contributed by atoms with Crippen LogP contribution in [0.5, 0.6) is 0 Å². The number of ether oxygens (including phenoxy) is 1. The lowest BCUT2D eigenvalue weighted by Gasteiger charge is -2.31. The molecule has 0 spiro atoms. The summed E-state index contributed by atoms with van der Waals surface area (Å²) in [4.78, 5) is 17.8. The van der Waals surface area contributed by atoms with E-state index in [2.05, 4.69) is 15.5 Å². The van der Waals surface area contributed by atoms with Crippen LogP contribution in [0, 0.1) is 13.8 Å². The summed E-state index contributed by atoms with van der Waals surface area (Å²) < 4.78 is 10.1. The Hall–Kier alpha value is -1.52. The number of nitrogens with one attached hydrogen (secondary N) is 1. The number of rotatable bonds is 5. The van der Waals surface area contributed by atoms with Crippen molar-refractivity contribution in [2.24, 2.45) is 10.7 Å². The third kappa shape index (κ3) is 6.37. The molecule has 0 radical (unpaired) electrons. The first-order chi connectivity index (χ1) is 11.5. The van der Waals surface area contributed by atoms with Crippen molar-refractivity contribution in [3.05, 3.63) is 17.0 Å². The van der Waals surface area contributed by atoms with Gasteiger partial charge in [0.25, 0.3) is 0 Å². The minimum absolute atomic E-state index is 0. The van der Waals surface area contributed by atoms with Crippen molar-refractivity contribution >= 4 is 36.0 Å². The number of aliphatic imine (C=N–C) groups is 1. The highest BCUT2D eigenvalue weighted by Crippen LogP contribution is 2.13. The van der Waals surface area contributed by atoms with Crippen LogP contribution in [-0.2, 0) is 11.2 Å². The van der Waals surface area contributed by atoms with Gasteiger partial charge in [0.2, 0.25) is 0 Å². The van der Waals surface area contributed by atoms with Crippen molar-refractivity contribution in [1.29, 1.82) is 0 Å².